The van der Waals surface area contributed by atoms with Gasteiger partial charge in [0.15, 0.2) is 0 Å². The minimum atomic E-state index is -4.32. The van der Waals surface area contributed by atoms with Crippen molar-refractivity contribution < 1.29 is 22.3 Å². The third-order valence-electron chi connectivity index (χ3n) is 2.38. The van der Waals surface area contributed by atoms with E-state index in [2.05, 4.69) is 4.74 Å². The van der Waals surface area contributed by atoms with E-state index >= 15 is 0 Å². The molecule has 0 N–H and O–H groups in total. The molecule has 0 aliphatic rings. The topological polar surface area (TPSA) is 9.23 Å². The molecule has 1 nitrogen and oxygen atoms in total. The molecule has 1 rings (SSSR count). The molecule has 0 aliphatic heterocycles. The molecular weight excluding hydrogens is 272 g/mol. The zero-order valence-corrected chi connectivity index (χ0v) is 10.3. The smallest absolute Gasteiger partial charge is 0.372 e. The van der Waals surface area contributed by atoms with Crippen LogP contribution in [0.25, 0.3) is 0 Å². The molecule has 0 amide bonds. The number of hydrogen-bond acceptors (Lipinski definition) is 1. The fourth-order valence-corrected chi connectivity index (χ4v) is 1.84. The number of benzene rings is 1. The van der Waals surface area contributed by atoms with Gasteiger partial charge in [-0.1, -0.05) is 12.1 Å². The molecule has 0 fully saturated rings. The Bertz CT molecular complexity index is 367. The molecule has 0 aromatic heterocycles. The van der Waals surface area contributed by atoms with Gasteiger partial charge < -0.3 is 4.74 Å². The summed E-state index contributed by atoms with van der Waals surface area (Å²) in [6.07, 6.45) is -4.00. The second-order valence-corrected chi connectivity index (χ2v) is 4.17. The average Bonchev–Trinajstić information content (AvgIpc) is 2.27. The Labute approximate surface area is 108 Å². The Kier molecular flexibility index (Phi) is 5.88. The quantitative estimate of drug-likeness (QED) is 0.434. The summed E-state index contributed by atoms with van der Waals surface area (Å²) in [7, 11) is 0. The van der Waals surface area contributed by atoms with Gasteiger partial charge in [-0.3, -0.25) is 0 Å². The van der Waals surface area contributed by atoms with E-state index in [0.717, 1.165) is 0 Å². The Hall–Kier alpha value is -0.810. The van der Waals surface area contributed by atoms with Crippen LogP contribution in [-0.2, 0) is 4.74 Å². The van der Waals surface area contributed by atoms with Gasteiger partial charge in [0.1, 0.15) is 12.4 Å². The average molecular weight is 285 g/mol. The zero-order valence-electron chi connectivity index (χ0n) is 9.51. The van der Waals surface area contributed by atoms with Crippen LogP contribution in [0.15, 0.2) is 24.3 Å². The normalized spacial score (nSPS) is 13.6. The van der Waals surface area contributed by atoms with Crippen LogP contribution in [0, 0.1) is 5.82 Å². The molecule has 1 aromatic carbocycles. The summed E-state index contributed by atoms with van der Waals surface area (Å²) < 4.78 is 53.0. The van der Waals surface area contributed by atoms with Gasteiger partial charge in [-0.2, -0.15) is 13.2 Å². The lowest BCUT2D eigenvalue weighted by Crippen LogP contribution is -2.18. The van der Waals surface area contributed by atoms with Crippen molar-refractivity contribution in [1.29, 1.82) is 0 Å². The molecule has 6 heteroatoms. The highest BCUT2D eigenvalue weighted by Gasteiger charge is 2.27. The minimum absolute atomic E-state index is 0.0621. The fraction of sp³-hybridized carbons (Fsp3) is 0.500. The summed E-state index contributed by atoms with van der Waals surface area (Å²) in [4.78, 5) is 0. The highest BCUT2D eigenvalue weighted by Crippen LogP contribution is 2.22. The van der Waals surface area contributed by atoms with Crippen LogP contribution in [-0.4, -0.2) is 25.3 Å². The first-order valence-electron chi connectivity index (χ1n) is 5.38. The van der Waals surface area contributed by atoms with Gasteiger partial charge in [-0.25, -0.2) is 4.39 Å². The lowest BCUT2D eigenvalue weighted by atomic mass is 9.98. The van der Waals surface area contributed by atoms with Gasteiger partial charge in [-0.05, 0) is 30.0 Å². The van der Waals surface area contributed by atoms with Gasteiger partial charge in [-0.15, -0.1) is 11.6 Å². The maximum absolute atomic E-state index is 13.0. The number of hydrogen-bond donors (Lipinski definition) is 0. The van der Waals surface area contributed by atoms with E-state index in [-0.39, 0.29) is 24.2 Å². The Morgan fingerprint density at radius 1 is 1.28 bits per heavy atom. The van der Waals surface area contributed by atoms with E-state index in [0.29, 0.717) is 12.0 Å². The maximum atomic E-state index is 13.0. The molecule has 0 bridgehead atoms. The molecule has 1 aromatic rings. The van der Waals surface area contributed by atoms with Crippen LogP contribution in [0.2, 0.25) is 0 Å². The van der Waals surface area contributed by atoms with Crippen molar-refractivity contribution in [3.63, 3.8) is 0 Å². The number of alkyl halides is 4. The summed E-state index contributed by atoms with van der Waals surface area (Å²) in [6.45, 7) is -1.33. The summed E-state index contributed by atoms with van der Waals surface area (Å²) in [5.41, 5.74) is 0.667. The van der Waals surface area contributed by atoms with Crippen LogP contribution in [0.4, 0.5) is 17.6 Å². The summed E-state index contributed by atoms with van der Waals surface area (Å²) in [6, 6.07) is 5.87. The molecule has 18 heavy (non-hydrogen) atoms. The highest BCUT2D eigenvalue weighted by molar-refractivity contribution is 6.18. The summed E-state index contributed by atoms with van der Waals surface area (Å²) in [5, 5.41) is 0. The lowest BCUT2D eigenvalue weighted by molar-refractivity contribution is -0.174. The van der Waals surface area contributed by atoms with E-state index in [1.54, 1.807) is 12.1 Å². The first kappa shape index (κ1) is 15.2. The Morgan fingerprint density at radius 3 is 2.56 bits per heavy atom. The Morgan fingerprint density at radius 2 is 2.00 bits per heavy atom. The number of halogens is 5. The van der Waals surface area contributed by atoms with Crippen LogP contribution in [0.1, 0.15) is 17.9 Å². The van der Waals surface area contributed by atoms with Crippen molar-refractivity contribution in [3.05, 3.63) is 35.6 Å². The molecule has 1 unspecified atom stereocenters. The third kappa shape index (κ3) is 5.69. The van der Waals surface area contributed by atoms with Gasteiger partial charge in [0.2, 0.25) is 0 Å². The Balaban J connectivity index is 2.43. The third-order valence-corrected chi connectivity index (χ3v) is 2.76. The molecule has 0 spiro atoms. The zero-order chi connectivity index (χ0) is 13.6. The SMILES string of the molecule is Fc1cccc(C(CCl)CCOCC(F)(F)F)c1. The van der Waals surface area contributed by atoms with E-state index < -0.39 is 12.8 Å². The van der Waals surface area contributed by atoms with Crippen molar-refractivity contribution >= 4 is 11.6 Å². The maximum Gasteiger partial charge on any atom is 0.411 e. The minimum Gasteiger partial charge on any atom is -0.372 e. The lowest BCUT2D eigenvalue weighted by Gasteiger charge is -2.15. The van der Waals surface area contributed by atoms with Gasteiger partial charge >= 0.3 is 6.18 Å². The second kappa shape index (κ2) is 6.95. The molecular formula is C12H13ClF4O. The van der Waals surface area contributed by atoms with Crippen molar-refractivity contribution in [2.24, 2.45) is 0 Å². The first-order valence-corrected chi connectivity index (χ1v) is 5.92. The van der Waals surface area contributed by atoms with Crippen LogP contribution >= 0.6 is 11.6 Å². The van der Waals surface area contributed by atoms with Crippen LogP contribution in [0.3, 0.4) is 0 Å². The van der Waals surface area contributed by atoms with E-state index in [1.807, 2.05) is 0 Å². The van der Waals surface area contributed by atoms with Crippen molar-refractivity contribution in [2.45, 2.75) is 18.5 Å². The molecule has 0 aliphatic carbocycles. The van der Waals surface area contributed by atoms with Crippen molar-refractivity contribution in [3.8, 4) is 0 Å². The molecule has 0 heterocycles. The van der Waals surface area contributed by atoms with Gasteiger partial charge in [0.05, 0.1) is 0 Å². The van der Waals surface area contributed by atoms with Gasteiger partial charge in [0.25, 0.3) is 0 Å². The molecule has 1 atom stereocenters. The molecule has 0 saturated heterocycles. The van der Waals surface area contributed by atoms with E-state index in [9.17, 15) is 17.6 Å². The van der Waals surface area contributed by atoms with E-state index in [1.165, 1.54) is 12.1 Å². The van der Waals surface area contributed by atoms with Crippen molar-refractivity contribution in [2.75, 3.05) is 19.1 Å². The van der Waals surface area contributed by atoms with Gasteiger partial charge in [0, 0.05) is 12.5 Å². The van der Waals surface area contributed by atoms with E-state index in [4.69, 9.17) is 11.6 Å². The summed E-state index contributed by atoms with van der Waals surface area (Å²) in [5.74, 6) is -0.395. The largest absolute Gasteiger partial charge is 0.411 e. The first-order chi connectivity index (χ1) is 8.42. The monoisotopic (exact) mass is 284 g/mol. The predicted octanol–water partition coefficient (Wildman–Crippen LogP) is 4.12. The highest BCUT2D eigenvalue weighted by atomic mass is 35.5. The fourth-order valence-electron chi connectivity index (χ4n) is 1.51. The second-order valence-electron chi connectivity index (χ2n) is 3.86. The summed E-state index contributed by atoms with van der Waals surface area (Å²) >= 11 is 5.72. The molecule has 0 radical (unpaired) electrons. The molecule has 102 valence electrons. The number of rotatable bonds is 6. The predicted molar refractivity (Wildman–Crippen MR) is 61.4 cm³/mol. The van der Waals surface area contributed by atoms with Crippen LogP contribution < -0.4 is 0 Å². The number of ether oxygens (including phenoxy) is 1. The van der Waals surface area contributed by atoms with Crippen LogP contribution in [0.5, 0.6) is 0 Å². The standard InChI is InChI=1S/C12H13ClF4O/c13-7-10(4-5-18-8-12(15,16)17)9-2-1-3-11(14)6-9/h1-3,6,10H,4-5,7-8H2. The molecule has 0 saturated carbocycles. The van der Waals surface area contributed by atoms with Crippen molar-refractivity contribution in [1.82, 2.24) is 0 Å².